The maximum absolute atomic E-state index is 12.8. The molecule has 3 amide bonds. The topological polar surface area (TPSA) is 61.9 Å². The van der Waals surface area contributed by atoms with E-state index in [2.05, 4.69) is 30.4 Å². The van der Waals surface area contributed by atoms with Crippen molar-refractivity contribution in [2.45, 2.75) is 50.2 Å². The minimum Gasteiger partial charge on any atom is -0.487 e. The zero-order valence-corrected chi connectivity index (χ0v) is 15.9. The normalized spacial score (nSPS) is 29.3. The number of carbonyl (C=O) groups excluding carboxylic acids is 2. The first-order valence-corrected chi connectivity index (χ1v) is 10.1. The summed E-state index contributed by atoms with van der Waals surface area (Å²) in [5.41, 5.74) is 0.999. The molecule has 6 heteroatoms. The minimum atomic E-state index is -0.159. The second-order valence-electron chi connectivity index (χ2n) is 8.93. The standard InChI is InChI=1S/C21H27N3O3/c1-20(12-15-4-2-3-5-17(15)27-20)16-7-10-23(11-8-16)19(26)24-13-21(14-24)9-6-18(25)22-21/h2-5,16H,6-14H2,1H3,(H,22,25). The lowest BCUT2D eigenvalue weighted by Gasteiger charge is -2.50. The Morgan fingerprint density at radius 3 is 2.59 bits per heavy atom. The molecule has 144 valence electrons. The van der Waals surface area contributed by atoms with Crippen molar-refractivity contribution in [2.24, 2.45) is 5.92 Å². The van der Waals surface area contributed by atoms with Gasteiger partial charge >= 0.3 is 6.03 Å². The highest BCUT2D eigenvalue weighted by Crippen LogP contribution is 2.42. The van der Waals surface area contributed by atoms with Crippen LogP contribution in [0.2, 0.25) is 0 Å². The zero-order chi connectivity index (χ0) is 18.6. The lowest BCUT2D eigenvalue weighted by atomic mass is 9.79. The molecular formula is C21H27N3O3. The van der Waals surface area contributed by atoms with Gasteiger partial charge in [0, 0.05) is 44.9 Å². The quantitative estimate of drug-likeness (QED) is 0.825. The van der Waals surface area contributed by atoms with Gasteiger partial charge < -0.3 is 19.9 Å². The molecule has 1 aromatic carbocycles. The van der Waals surface area contributed by atoms with Crippen LogP contribution in [0.25, 0.3) is 0 Å². The van der Waals surface area contributed by atoms with E-state index in [0.29, 0.717) is 25.4 Å². The van der Waals surface area contributed by atoms with E-state index in [0.717, 1.165) is 44.5 Å². The van der Waals surface area contributed by atoms with Crippen molar-refractivity contribution in [2.75, 3.05) is 26.2 Å². The molecule has 6 nitrogen and oxygen atoms in total. The smallest absolute Gasteiger partial charge is 0.320 e. The Labute approximate surface area is 159 Å². The number of piperidine rings is 1. The molecule has 0 bridgehead atoms. The Morgan fingerprint density at radius 1 is 1.19 bits per heavy atom. The van der Waals surface area contributed by atoms with Crippen molar-refractivity contribution >= 4 is 11.9 Å². The fraction of sp³-hybridized carbons (Fsp3) is 0.619. The number of fused-ring (bicyclic) bond motifs is 1. The Hall–Kier alpha value is -2.24. The highest BCUT2D eigenvalue weighted by atomic mass is 16.5. The second-order valence-corrected chi connectivity index (χ2v) is 8.93. The molecule has 3 fully saturated rings. The summed E-state index contributed by atoms with van der Waals surface area (Å²) in [4.78, 5) is 28.1. The number of hydrogen-bond acceptors (Lipinski definition) is 3. The fourth-order valence-electron chi connectivity index (χ4n) is 5.35. The van der Waals surface area contributed by atoms with Crippen molar-refractivity contribution in [3.8, 4) is 5.75 Å². The van der Waals surface area contributed by atoms with E-state index >= 15 is 0 Å². The number of nitrogens with zero attached hydrogens (tertiary/aromatic N) is 2. The van der Waals surface area contributed by atoms with Crippen LogP contribution in [-0.2, 0) is 11.2 Å². The Kier molecular flexibility index (Phi) is 3.68. The van der Waals surface area contributed by atoms with Gasteiger partial charge in [-0.25, -0.2) is 4.79 Å². The monoisotopic (exact) mass is 369 g/mol. The summed E-state index contributed by atoms with van der Waals surface area (Å²) in [6, 6.07) is 8.43. The largest absolute Gasteiger partial charge is 0.487 e. The zero-order valence-electron chi connectivity index (χ0n) is 15.9. The average molecular weight is 369 g/mol. The van der Waals surface area contributed by atoms with Crippen LogP contribution in [-0.4, -0.2) is 59.1 Å². The van der Waals surface area contributed by atoms with Crippen LogP contribution in [0.15, 0.2) is 24.3 Å². The van der Waals surface area contributed by atoms with Crippen LogP contribution in [0.5, 0.6) is 5.75 Å². The van der Waals surface area contributed by atoms with Crippen LogP contribution in [0.3, 0.4) is 0 Å². The van der Waals surface area contributed by atoms with Crippen molar-refractivity contribution in [1.82, 2.24) is 15.1 Å². The summed E-state index contributed by atoms with van der Waals surface area (Å²) in [7, 11) is 0. The number of likely N-dealkylation sites (tertiary alicyclic amines) is 2. The van der Waals surface area contributed by atoms with Gasteiger partial charge in [0.25, 0.3) is 0 Å². The van der Waals surface area contributed by atoms with Gasteiger partial charge in [-0.3, -0.25) is 4.79 Å². The van der Waals surface area contributed by atoms with E-state index in [-0.39, 0.29) is 23.1 Å². The molecule has 1 spiro atoms. The summed E-state index contributed by atoms with van der Waals surface area (Å²) < 4.78 is 6.33. The Bertz CT molecular complexity index is 754. The first-order chi connectivity index (χ1) is 13.0. The van der Waals surface area contributed by atoms with Crippen LogP contribution in [0.1, 0.15) is 38.2 Å². The molecule has 1 N–H and O–H groups in total. The van der Waals surface area contributed by atoms with Gasteiger partial charge in [0.1, 0.15) is 11.4 Å². The Balaban J connectivity index is 1.16. The summed E-state index contributed by atoms with van der Waals surface area (Å²) in [6.45, 7) is 5.11. The molecule has 4 aliphatic heterocycles. The molecule has 0 aromatic heterocycles. The molecule has 27 heavy (non-hydrogen) atoms. The van der Waals surface area contributed by atoms with Gasteiger partial charge in [0.15, 0.2) is 0 Å². The lowest BCUT2D eigenvalue weighted by Crippen LogP contribution is -2.70. The van der Waals surface area contributed by atoms with Crippen LogP contribution in [0, 0.1) is 5.92 Å². The molecule has 0 radical (unpaired) electrons. The maximum Gasteiger partial charge on any atom is 0.320 e. The van der Waals surface area contributed by atoms with Crippen molar-refractivity contribution in [1.29, 1.82) is 0 Å². The third-order valence-electron chi connectivity index (χ3n) is 6.98. The summed E-state index contributed by atoms with van der Waals surface area (Å²) in [6.07, 6.45) is 4.36. The molecule has 0 saturated carbocycles. The molecule has 0 aliphatic carbocycles. The number of hydrogen-bond donors (Lipinski definition) is 1. The minimum absolute atomic E-state index is 0.119. The molecule has 5 rings (SSSR count). The number of benzene rings is 1. The molecule has 1 unspecified atom stereocenters. The third-order valence-corrected chi connectivity index (χ3v) is 6.98. The van der Waals surface area contributed by atoms with Gasteiger partial charge in [-0.05, 0) is 37.8 Å². The highest BCUT2D eigenvalue weighted by molar-refractivity contribution is 5.82. The van der Waals surface area contributed by atoms with Crippen molar-refractivity contribution in [3.63, 3.8) is 0 Å². The van der Waals surface area contributed by atoms with Gasteiger partial charge in [0.05, 0.1) is 5.54 Å². The van der Waals surface area contributed by atoms with Gasteiger partial charge in [-0.1, -0.05) is 18.2 Å². The summed E-state index contributed by atoms with van der Waals surface area (Å²) in [5.74, 6) is 1.60. The van der Waals surface area contributed by atoms with Crippen LogP contribution >= 0.6 is 0 Å². The maximum atomic E-state index is 12.8. The molecule has 1 aromatic rings. The molecule has 4 aliphatic rings. The molecule has 4 heterocycles. The fourth-order valence-corrected chi connectivity index (χ4v) is 5.35. The number of para-hydroxylation sites is 1. The van der Waals surface area contributed by atoms with E-state index in [1.165, 1.54) is 5.56 Å². The van der Waals surface area contributed by atoms with Crippen LogP contribution in [0.4, 0.5) is 4.79 Å². The number of carbonyl (C=O) groups is 2. The molecule has 3 saturated heterocycles. The number of amides is 3. The van der Waals surface area contributed by atoms with Crippen LogP contribution < -0.4 is 10.1 Å². The Morgan fingerprint density at radius 2 is 1.93 bits per heavy atom. The van der Waals surface area contributed by atoms with E-state index in [4.69, 9.17) is 4.74 Å². The number of urea groups is 1. The third kappa shape index (κ3) is 2.77. The van der Waals surface area contributed by atoms with E-state index in [1.807, 2.05) is 15.9 Å². The van der Waals surface area contributed by atoms with E-state index in [9.17, 15) is 9.59 Å². The van der Waals surface area contributed by atoms with Crippen molar-refractivity contribution < 1.29 is 14.3 Å². The lowest BCUT2D eigenvalue weighted by molar-refractivity contribution is -0.120. The number of nitrogens with one attached hydrogen (secondary N) is 1. The number of rotatable bonds is 1. The van der Waals surface area contributed by atoms with Gasteiger partial charge in [-0.2, -0.15) is 0 Å². The van der Waals surface area contributed by atoms with Crippen molar-refractivity contribution in [3.05, 3.63) is 29.8 Å². The van der Waals surface area contributed by atoms with Gasteiger partial charge in [-0.15, -0.1) is 0 Å². The van der Waals surface area contributed by atoms with E-state index in [1.54, 1.807) is 0 Å². The first kappa shape index (κ1) is 16.9. The second kappa shape index (κ2) is 5.88. The first-order valence-electron chi connectivity index (χ1n) is 10.1. The van der Waals surface area contributed by atoms with E-state index < -0.39 is 0 Å². The van der Waals surface area contributed by atoms with Gasteiger partial charge in [0.2, 0.25) is 5.91 Å². The predicted molar refractivity (Wildman–Crippen MR) is 101 cm³/mol. The molecule has 1 atom stereocenters. The predicted octanol–water partition coefficient (Wildman–Crippen LogP) is 2.18. The summed E-state index contributed by atoms with van der Waals surface area (Å²) in [5, 5.41) is 3.04. The number of ether oxygens (including phenoxy) is 1. The SMILES string of the molecule is CC1(C2CCN(C(=O)N3CC4(CCC(=O)N4)C3)CC2)Cc2ccccc2O1. The molecular weight excluding hydrogens is 342 g/mol. The summed E-state index contributed by atoms with van der Waals surface area (Å²) >= 11 is 0. The average Bonchev–Trinajstić information content (AvgIpc) is 3.20. The highest BCUT2D eigenvalue weighted by Gasteiger charge is 2.51.